The average molecular weight is 731 g/mol. The van der Waals surface area contributed by atoms with Crippen molar-refractivity contribution in [3.63, 3.8) is 0 Å². The standard InChI is InChI=1S/C38H54N2O12/c1-23-20-28(18-19-41)35(36(47-7)30(50-26(4)42)21-31(44)48-24(2)14-10-8-13-17-29(23)43)51-37-33(45)32(40(5)6)34(25(3)49-37)52-38(46)39-22-27-15-11-9-12-16-27/h8-13,15-17,19,23-25,28,30,32-37,45H,14,18,20-22H2,1-7H3,(H,39,46)/b10-8+,17-13+/t23-,24-,25-,28+,30-,32-,33-,34-,35+,36+,37+/m1/s1. The van der Waals surface area contributed by atoms with E-state index in [0.29, 0.717) is 12.7 Å². The van der Waals surface area contributed by atoms with Crippen LogP contribution in [-0.4, -0.2) is 116 Å². The summed E-state index contributed by atoms with van der Waals surface area (Å²) in [5.41, 5.74) is 0.871. The molecular weight excluding hydrogens is 676 g/mol. The molecule has 14 heteroatoms. The Morgan fingerprint density at radius 3 is 2.38 bits per heavy atom. The summed E-state index contributed by atoms with van der Waals surface area (Å²) in [5, 5.41) is 14.5. The summed E-state index contributed by atoms with van der Waals surface area (Å²) < 4.78 is 35.6. The zero-order valence-electron chi connectivity index (χ0n) is 31.0. The van der Waals surface area contributed by atoms with Gasteiger partial charge in [-0.05, 0) is 51.9 Å². The number of benzene rings is 1. The van der Waals surface area contributed by atoms with Gasteiger partial charge in [0.05, 0.1) is 24.7 Å². The second-order valence-electron chi connectivity index (χ2n) is 13.5. The number of hydrogen-bond acceptors (Lipinski definition) is 13. The molecule has 1 aromatic rings. The lowest BCUT2D eigenvalue weighted by atomic mass is 9.83. The molecule has 52 heavy (non-hydrogen) atoms. The van der Waals surface area contributed by atoms with Gasteiger partial charge in [0.2, 0.25) is 0 Å². The molecule has 2 N–H and O–H groups in total. The summed E-state index contributed by atoms with van der Waals surface area (Å²) in [5.74, 6) is -2.89. The molecule has 14 nitrogen and oxygen atoms in total. The molecule has 288 valence electrons. The monoisotopic (exact) mass is 730 g/mol. The highest BCUT2D eigenvalue weighted by atomic mass is 16.7. The molecule has 1 fully saturated rings. The van der Waals surface area contributed by atoms with Gasteiger partial charge in [0.15, 0.2) is 12.1 Å². The second kappa shape index (κ2) is 20.9. The van der Waals surface area contributed by atoms with E-state index in [0.717, 1.165) is 5.56 Å². The van der Waals surface area contributed by atoms with Crippen LogP contribution in [0.5, 0.6) is 0 Å². The molecule has 11 atom stereocenters. The maximum absolute atomic E-state index is 13.1. The summed E-state index contributed by atoms with van der Waals surface area (Å²) in [7, 11) is 4.76. The van der Waals surface area contributed by atoms with Crippen molar-refractivity contribution in [1.29, 1.82) is 0 Å². The predicted molar refractivity (Wildman–Crippen MR) is 189 cm³/mol. The zero-order chi connectivity index (χ0) is 38.4. The van der Waals surface area contributed by atoms with Crippen molar-refractivity contribution in [2.45, 2.75) is 115 Å². The van der Waals surface area contributed by atoms with Gasteiger partial charge in [-0.25, -0.2) is 4.79 Å². The highest BCUT2D eigenvalue weighted by Crippen LogP contribution is 2.34. The first-order valence-corrected chi connectivity index (χ1v) is 17.6. The van der Waals surface area contributed by atoms with Crippen molar-refractivity contribution in [2.75, 3.05) is 21.2 Å². The number of esters is 2. The van der Waals surface area contributed by atoms with Gasteiger partial charge in [-0.2, -0.15) is 0 Å². The number of rotatable bonds is 10. The van der Waals surface area contributed by atoms with Crippen LogP contribution in [0.15, 0.2) is 54.6 Å². The molecule has 2 heterocycles. The van der Waals surface area contributed by atoms with E-state index in [4.69, 9.17) is 28.4 Å². The third-order valence-electron chi connectivity index (χ3n) is 9.15. The molecule has 0 saturated carbocycles. The number of nitrogens with one attached hydrogen (secondary N) is 1. The molecule has 1 amide bonds. The number of ketones is 1. The Balaban J connectivity index is 1.98. The van der Waals surface area contributed by atoms with Gasteiger partial charge >= 0.3 is 18.0 Å². The minimum Gasteiger partial charge on any atom is -0.462 e. The molecule has 0 bridgehead atoms. The Morgan fingerprint density at radius 2 is 1.75 bits per heavy atom. The van der Waals surface area contributed by atoms with Crippen LogP contribution >= 0.6 is 0 Å². The van der Waals surface area contributed by atoms with Gasteiger partial charge in [0.1, 0.15) is 36.8 Å². The van der Waals surface area contributed by atoms with Crippen molar-refractivity contribution in [3.8, 4) is 0 Å². The second-order valence-corrected chi connectivity index (χ2v) is 13.5. The van der Waals surface area contributed by atoms with Crippen LogP contribution in [-0.2, 0) is 54.1 Å². The van der Waals surface area contributed by atoms with E-state index in [2.05, 4.69) is 5.32 Å². The lowest BCUT2D eigenvalue weighted by Gasteiger charge is -2.47. The molecular formula is C38H54N2O12. The van der Waals surface area contributed by atoms with E-state index in [1.54, 1.807) is 58.0 Å². The summed E-state index contributed by atoms with van der Waals surface area (Å²) in [6.07, 6.45) is -2.22. The molecule has 2 aliphatic heterocycles. The number of nitrogens with zero attached hydrogens (tertiary/aromatic N) is 1. The lowest BCUT2D eigenvalue weighted by molar-refractivity contribution is -0.309. The van der Waals surface area contributed by atoms with Crippen LogP contribution in [0.4, 0.5) is 4.79 Å². The number of allylic oxidation sites excluding steroid dienone is 3. The number of likely N-dealkylation sites (N-methyl/N-ethyl adjacent to an activating group) is 1. The van der Waals surface area contributed by atoms with Crippen LogP contribution < -0.4 is 5.32 Å². The molecule has 0 aromatic heterocycles. The number of methoxy groups -OCH3 is 1. The van der Waals surface area contributed by atoms with Gasteiger partial charge < -0.3 is 48.5 Å². The number of cyclic esters (lactones) is 1. The molecule has 0 spiro atoms. The Hall–Kier alpha value is -3.95. The molecule has 0 aliphatic carbocycles. The van der Waals surface area contributed by atoms with Crippen LogP contribution in [0.2, 0.25) is 0 Å². The third kappa shape index (κ3) is 12.6. The first kappa shape index (κ1) is 42.5. The van der Waals surface area contributed by atoms with Gasteiger partial charge in [0, 0.05) is 39.3 Å². The minimum absolute atomic E-state index is 0.108. The van der Waals surface area contributed by atoms with Gasteiger partial charge in [-0.3, -0.25) is 14.4 Å². The van der Waals surface area contributed by atoms with Gasteiger partial charge in [-0.1, -0.05) is 55.5 Å². The van der Waals surface area contributed by atoms with Crippen molar-refractivity contribution in [1.82, 2.24) is 10.2 Å². The third-order valence-corrected chi connectivity index (χ3v) is 9.15. The molecule has 2 aliphatic rings. The summed E-state index contributed by atoms with van der Waals surface area (Å²) in [6, 6.07) is 8.47. The highest BCUT2D eigenvalue weighted by molar-refractivity contribution is 5.91. The Labute approximate surface area is 305 Å². The number of alkyl carbamates (subject to hydrolysis) is 1. The van der Waals surface area contributed by atoms with Crippen LogP contribution in [0.25, 0.3) is 0 Å². The lowest BCUT2D eigenvalue weighted by Crippen LogP contribution is -2.65. The number of carbonyl (C=O) groups excluding carboxylic acids is 5. The molecule has 1 aromatic carbocycles. The van der Waals surface area contributed by atoms with Crippen LogP contribution in [0.1, 0.15) is 58.9 Å². The van der Waals surface area contributed by atoms with Gasteiger partial charge in [0.25, 0.3) is 0 Å². The number of carbonyl (C=O) groups is 5. The SMILES string of the molecule is CO[C@@H]1[C@@H](O[C@@H]2O[C@H](C)[C@@H](OC(=O)NCc3ccccc3)[C@H](N(C)C)[C@H]2O)[C@@H](CC=O)C[C@@H](C)C(=O)/C=C/C=C/C[C@@H](C)OC(=O)C[C@H]1OC(C)=O. The molecule has 0 unspecified atom stereocenters. The number of amides is 1. The normalized spacial score (nSPS) is 33.4. The summed E-state index contributed by atoms with van der Waals surface area (Å²) in [6.45, 7) is 6.51. The van der Waals surface area contributed by atoms with Crippen LogP contribution in [0.3, 0.4) is 0 Å². The fourth-order valence-electron chi connectivity index (χ4n) is 6.57. The van der Waals surface area contributed by atoms with E-state index < -0.39 is 91.3 Å². The Kier molecular flexibility index (Phi) is 17.1. The summed E-state index contributed by atoms with van der Waals surface area (Å²) >= 11 is 0. The molecule has 0 radical (unpaired) electrons. The number of aliphatic hydroxyl groups excluding tert-OH is 1. The van der Waals surface area contributed by atoms with E-state index in [9.17, 15) is 29.1 Å². The van der Waals surface area contributed by atoms with E-state index in [1.807, 2.05) is 30.3 Å². The van der Waals surface area contributed by atoms with Gasteiger partial charge in [-0.15, -0.1) is 0 Å². The number of aldehydes is 1. The smallest absolute Gasteiger partial charge is 0.407 e. The fraction of sp³-hybridized carbons (Fsp3) is 0.605. The highest BCUT2D eigenvalue weighted by Gasteiger charge is 2.50. The number of aliphatic hydroxyl groups is 1. The largest absolute Gasteiger partial charge is 0.462 e. The van der Waals surface area contributed by atoms with E-state index >= 15 is 0 Å². The van der Waals surface area contributed by atoms with E-state index in [-0.39, 0.29) is 25.2 Å². The fourth-order valence-corrected chi connectivity index (χ4v) is 6.57. The maximum Gasteiger partial charge on any atom is 0.407 e. The molecule has 1 saturated heterocycles. The zero-order valence-corrected chi connectivity index (χ0v) is 31.0. The average Bonchev–Trinajstić information content (AvgIpc) is 3.08. The van der Waals surface area contributed by atoms with Crippen molar-refractivity contribution >= 4 is 30.1 Å². The predicted octanol–water partition coefficient (Wildman–Crippen LogP) is 3.29. The maximum atomic E-state index is 13.1. The number of hydrogen-bond donors (Lipinski definition) is 2. The van der Waals surface area contributed by atoms with Crippen molar-refractivity contribution in [2.24, 2.45) is 11.8 Å². The summed E-state index contributed by atoms with van der Waals surface area (Å²) in [4.78, 5) is 65.4. The Morgan fingerprint density at radius 1 is 1.04 bits per heavy atom. The van der Waals surface area contributed by atoms with E-state index in [1.165, 1.54) is 20.1 Å². The number of ether oxygens (including phenoxy) is 6. The van der Waals surface area contributed by atoms with Crippen LogP contribution in [0, 0.1) is 11.8 Å². The Bertz CT molecular complexity index is 1380. The van der Waals surface area contributed by atoms with Crippen molar-refractivity contribution < 1.29 is 57.5 Å². The first-order chi connectivity index (χ1) is 24.7. The topological polar surface area (TPSA) is 176 Å². The molecule has 3 rings (SSSR count). The first-order valence-electron chi connectivity index (χ1n) is 17.6. The quantitative estimate of drug-likeness (QED) is 0.204. The van der Waals surface area contributed by atoms with Crippen molar-refractivity contribution in [3.05, 3.63) is 60.2 Å². The minimum atomic E-state index is -1.42.